The average Bonchev–Trinajstić information content (AvgIpc) is 2.89. The molecule has 3 rings (SSSR count). The molecule has 0 bridgehead atoms. The fourth-order valence-electron chi connectivity index (χ4n) is 2.25. The Balaban J connectivity index is 2.42. The second-order valence-electron chi connectivity index (χ2n) is 4.45. The van der Waals surface area contributed by atoms with Gasteiger partial charge in [0, 0.05) is 5.39 Å². The van der Waals surface area contributed by atoms with E-state index < -0.39 is 10.0 Å². The Kier molecular flexibility index (Phi) is 3.31. The summed E-state index contributed by atoms with van der Waals surface area (Å²) in [4.78, 5) is 11.4. The first kappa shape index (κ1) is 13.9. The largest absolute Gasteiger partial charge is 0.296 e. The van der Waals surface area contributed by atoms with Crippen molar-refractivity contribution >= 4 is 38.8 Å². The Morgan fingerprint density at radius 3 is 2.38 bits per heavy atom. The minimum Gasteiger partial charge on any atom is -0.296 e. The molecule has 0 aliphatic rings. The molecular formula is C15H10ClNO3S. The van der Waals surface area contributed by atoms with E-state index in [4.69, 9.17) is 11.6 Å². The van der Waals surface area contributed by atoms with Gasteiger partial charge in [0.2, 0.25) is 0 Å². The minimum absolute atomic E-state index is 0.0435. The summed E-state index contributed by atoms with van der Waals surface area (Å²) < 4.78 is 26.6. The number of para-hydroxylation sites is 1. The first-order valence-electron chi connectivity index (χ1n) is 6.11. The number of benzene rings is 2. The highest BCUT2D eigenvalue weighted by atomic mass is 35.5. The highest BCUT2D eigenvalue weighted by Crippen LogP contribution is 2.30. The fraction of sp³-hybridized carbons (Fsp3) is 0. The predicted octanol–water partition coefficient (Wildman–Crippen LogP) is 3.34. The first-order valence-corrected chi connectivity index (χ1v) is 7.93. The van der Waals surface area contributed by atoms with Crippen molar-refractivity contribution in [1.29, 1.82) is 0 Å². The quantitative estimate of drug-likeness (QED) is 0.696. The molecule has 4 nitrogen and oxygen atoms in total. The Labute approximate surface area is 126 Å². The third-order valence-electron chi connectivity index (χ3n) is 3.16. The number of aromatic nitrogens is 1. The first-order chi connectivity index (χ1) is 10.1. The Bertz CT molecular complexity index is 930. The van der Waals surface area contributed by atoms with Gasteiger partial charge in [-0.15, -0.1) is 0 Å². The van der Waals surface area contributed by atoms with Gasteiger partial charge in [0.15, 0.2) is 6.29 Å². The van der Waals surface area contributed by atoms with E-state index >= 15 is 0 Å². The SMILES string of the molecule is O=Cc1cc2cccc(Cl)c2n1S(=O)(=O)c1ccccc1. The van der Waals surface area contributed by atoms with Crippen molar-refractivity contribution in [2.45, 2.75) is 4.90 Å². The summed E-state index contributed by atoms with van der Waals surface area (Å²) in [6.07, 6.45) is 0.511. The molecule has 21 heavy (non-hydrogen) atoms. The zero-order valence-corrected chi connectivity index (χ0v) is 12.3. The summed E-state index contributed by atoms with van der Waals surface area (Å²) in [7, 11) is -3.89. The molecule has 1 aromatic heterocycles. The minimum atomic E-state index is -3.89. The third-order valence-corrected chi connectivity index (χ3v) is 5.21. The van der Waals surface area contributed by atoms with E-state index in [0.717, 1.165) is 3.97 Å². The molecule has 0 unspecified atom stereocenters. The molecule has 0 aliphatic carbocycles. The summed E-state index contributed by atoms with van der Waals surface area (Å²) in [5, 5.41) is 0.879. The predicted molar refractivity (Wildman–Crippen MR) is 81.4 cm³/mol. The number of aldehydes is 1. The number of hydrogen-bond acceptors (Lipinski definition) is 3. The zero-order valence-electron chi connectivity index (χ0n) is 10.7. The molecule has 1 heterocycles. The van der Waals surface area contributed by atoms with E-state index in [1.54, 1.807) is 36.4 Å². The van der Waals surface area contributed by atoms with Crippen LogP contribution < -0.4 is 0 Å². The van der Waals surface area contributed by atoms with E-state index in [2.05, 4.69) is 0 Å². The molecule has 2 aromatic carbocycles. The van der Waals surface area contributed by atoms with E-state index in [-0.39, 0.29) is 15.6 Å². The number of rotatable bonds is 3. The normalized spacial score (nSPS) is 11.7. The lowest BCUT2D eigenvalue weighted by atomic mass is 10.2. The van der Waals surface area contributed by atoms with Crippen molar-refractivity contribution in [2.24, 2.45) is 0 Å². The lowest BCUT2D eigenvalue weighted by molar-refractivity contribution is 0.111. The molecule has 0 N–H and O–H groups in total. The van der Waals surface area contributed by atoms with Gasteiger partial charge in [0.05, 0.1) is 21.1 Å². The van der Waals surface area contributed by atoms with Crippen LogP contribution in [0, 0.1) is 0 Å². The van der Waals surface area contributed by atoms with Gasteiger partial charge in [-0.2, -0.15) is 0 Å². The van der Waals surface area contributed by atoms with Crippen LogP contribution in [-0.2, 0) is 10.0 Å². The maximum atomic E-state index is 12.8. The number of carbonyl (C=O) groups excluding carboxylic acids is 1. The second kappa shape index (κ2) is 5.02. The molecule has 106 valence electrons. The smallest absolute Gasteiger partial charge is 0.268 e. The molecule has 0 aliphatic heterocycles. The molecule has 0 saturated heterocycles. The van der Waals surface area contributed by atoms with Gasteiger partial charge < -0.3 is 0 Å². The van der Waals surface area contributed by atoms with Crippen LogP contribution in [0.3, 0.4) is 0 Å². The van der Waals surface area contributed by atoms with Crippen LogP contribution in [0.4, 0.5) is 0 Å². The van der Waals surface area contributed by atoms with Gasteiger partial charge in [-0.1, -0.05) is 41.9 Å². The highest BCUT2D eigenvalue weighted by molar-refractivity contribution is 7.90. The van der Waals surface area contributed by atoms with E-state index in [1.165, 1.54) is 18.2 Å². The van der Waals surface area contributed by atoms with E-state index in [9.17, 15) is 13.2 Å². The van der Waals surface area contributed by atoms with Crippen LogP contribution in [0.15, 0.2) is 59.5 Å². The molecular weight excluding hydrogens is 310 g/mol. The highest BCUT2D eigenvalue weighted by Gasteiger charge is 2.23. The molecule has 3 aromatic rings. The lowest BCUT2D eigenvalue weighted by Crippen LogP contribution is -2.15. The fourth-order valence-corrected chi connectivity index (χ4v) is 4.09. The summed E-state index contributed by atoms with van der Waals surface area (Å²) in [5.74, 6) is 0. The summed E-state index contributed by atoms with van der Waals surface area (Å²) in [6.45, 7) is 0. The number of fused-ring (bicyclic) bond motifs is 1. The van der Waals surface area contributed by atoms with Crippen molar-refractivity contribution in [3.8, 4) is 0 Å². The lowest BCUT2D eigenvalue weighted by Gasteiger charge is -2.10. The topological polar surface area (TPSA) is 56.1 Å². The Morgan fingerprint density at radius 2 is 1.71 bits per heavy atom. The molecule has 0 amide bonds. The van der Waals surface area contributed by atoms with Crippen LogP contribution in [0.1, 0.15) is 10.5 Å². The van der Waals surface area contributed by atoms with Crippen molar-refractivity contribution in [2.75, 3.05) is 0 Å². The van der Waals surface area contributed by atoms with Crippen molar-refractivity contribution in [3.63, 3.8) is 0 Å². The molecule has 0 atom stereocenters. The van der Waals surface area contributed by atoms with E-state index in [0.29, 0.717) is 17.2 Å². The van der Waals surface area contributed by atoms with Crippen molar-refractivity contribution < 1.29 is 13.2 Å². The number of hydrogen-bond donors (Lipinski definition) is 0. The number of nitrogens with zero attached hydrogens (tertiary/aromatic N) is 1. The van der Waals surface area contributed by atoms with Gasteiger partial charge in [-0.05, 0) is 24.3 Å². The molecule has 0 fully saturated rings. The van der Waals surface area contributed by atoms with Gasteiger partial charge in [-0.25, -0.2) is 12.4 Å². The second-order valence-corrected chi connectivity index (χ2v) is 6.64. The van der Waals surface area contributed by atoms with Crippen LogP contribution >= 0.6 is 11.6 Å². The van der Waals surface area contributed by atoms with Crippen LogP contribution in [0.5, 0.6) is 0 Å². The van der Waals surface area contributed by atoms with Crippen LogP contribution in [0.2, 0.25) is 5.02 Å². The maximum Gasteiger partial charge on any atom is 0.268 e. The zero-order chi connectivity index (χ0) is 15.0. The van der Waals surface area contributed by atoms with Crippen LogP contribution in [0.25, 0.3) is 10.9 Å². The summed E-state index contributed by atoms with van der Waals surface area (Å²) in [6, 6.07) is 14.5. The molecule has 0 radical (unpaired) electrons. The summed E-state index contributed by atoms with van der Waals surface area (Å²) >= 11 is 6.12. The summed E-state index contributed by atoms with van der Waals surface area (Å²) in [5.41, 5.74) is 0.354. The standard InChI is InChI=1S/C15H10ClNO3S/c16-14-8-4-5-11-9-12(10-18)17(15(11)14)21(19,20)13-6-2-1-3-7-13/h1-10H. The van der Waals surface area contributed by atoms with Gasteiger partial charge in [-0.3, -0.25) is 4.79 Å². The average molecular weight is 320 g/mol. The monoisotopic (exact) mass is 319 g/mol. The van der Waals surface area contributed by atoms with Gasteiger partial charge >= 0.3 is 0 Å². The van der Waals surface area contributed by atoms with E-state index in [1.807, 2.05) is 0 Å². The van der Waals surface area contributed by atoms with Crippen LogP contribution in [-0.4, -0.2) is 18.7 Å². The molecule has 6 heteroatoms. The Morgan fingerprint density at radius 1 is 1.00 bits per heavy atom. The number of halogens is 1. The van der Waals surface area contributed by atoms with Crippen molar-refractivity contribution in [3.05, 3.63) is 65.3 Å². The van der Waals surface area contributed by atoms with Gasteiger partial charge in [0.25, 0.3) is 10.0 Å². The van der Waals surface area contributed by atoms with Crippen molar-refractivity contribution in [1.82, 2.24) is 3.97 Å². The third kappa shape index (κ3) is 2.14. The Hall–Kier alpha value is -2.11. The van der Waals surface area contributed by atoms with Gasteiger partial charge in [0.1, 0.15) is 0 Å². The number of carbonyl (C=O) groups is 1. The maximum absolute atomic E-state index is 12.8. The molecule has 0 saturated carbocycles. The molecule has 0 spiro atoms.